The first-order chi connectivity index (χ1) is 11.3. The number of nitrogens with zero attached hydrogens (tertiary/aromatic N) is 1. The molecule has 0 radical (unpaired) electrons. The van der Waals surface area contributed by atoms with Crippen molar-refractivity contribution in [3.63, 3.8) is 0 Å². The lowest BCUT2D eigenvalue weighted by molar-refractivity contribution is -0.385. The van der Waals surface area contributed by atoms with Gasteiger partial charge in [0.05, 0.1) is 16.4 Å². The van der Waals surface area contributed by atoms with E-state index in [0.29, 0.717) is 6.61 Å². The van der Waals surface area contributed by atoms with Crippen LogP contribution in [0.4, 0.5) is 5.69 Å². The van der Waals surface area contributed by atoms with Crippen molar-refractivity contribution in [1.29, 1.82) is 0 Å². The van der Waals surface area contributed by atoms with Crippen molar-refractivity contribution in [3.05, 3.63) is 33.9 Å². The first-order valence-electron chi connectivity index (χ1n) is 7.75. The van der Waals surface area contributed by atoms with Crippen LogP contribution in [0.5, 0.6) is 0 Å². The van der Waals surface area contributed by atoms with E-state index in [1.54, 1.807) is 7.11 Å². The van der Waals surface area contributed by atoms with Crippen molar-refractivity contribution < 1.29 is 18.1 Å². The first kappa shape index (κ1) is 21.8. The van der Waals surface area contributed by atoms with Crippen LogP contribution in [-0.2, 0) is 14.8 Å². The minimum atomic E-state index is -3.83. The molecule has 142 valence electrons. The maximum Gasteiger partial charge on any atom is 0.273 e. The summed E-state index contributed by atoms with van der Waals surface area (Å²) in [5.74, 6) is 0. The van der Waals surface area contributed by atoms with Gasteiger partial charge in [0.2, 0.25) is 10.0 Å². The molecule has 0 spiro atoms. The highest BCUT2D eigenvalue weighted by atomic mass is 35.5. The van der Waals surface area contributed by atoms with E-state index in [4.69, 9.17) is 4.74 Å². The van der Waals surface area contributed by atoms with Gasteiger partial charge in [-0.3, -0.25) is 10.1 Å². The number of piperidine rings is 1. The highest BCUT2D eigenvalue weighted by molar-refractivity contribution is 7.89. The topological polar surface area (TPSA) is 111 Å². The summed E-state index contributed by atoms with van der Waals surface area (Å²) in [6.45, 7) is 3.77. The fourth-order valence-corrected chi connectivity index (χ4v) is 4.47. The lowest BCUT2D eigenvalue weighted by atomic mass is 9.80. The van der Waals surface area contributed by atoms with Gasteiger partial charge in [-0.1, -0.05) is 6.07 Å². The maximum absolute atomic E-state index is 12.6. The largest absolute Gasteiger partial charge is 0.384 e. The van der Waals surface area contributed by atoms with E-state index in [9.17, 15) is 18.5 Å². The molecule has 0 saturated carbocycles. The molecule has 25 heavy (non-hydrogen) atoms. The number of methoxy groups -OCH3 is 1. The van der Waals surface area contributed by atoms with Gasteiger partial charge >= 0.3 is 0 Å². The van der Waals surface area contributed by atoms with Crippen LogP contribution in [0.3, 0.4) is 0 Å². The molecule has 1 aromatic rings. The quantitative estimate of drug-likeness (QED) is 0.538. The first-order valence-corrected chi connectivity index (χ1v) is 9.23. The number of benzene rings is 1. The number of nitro benzene ring substituents is 1. The number of sulfonamides is 1. The Balaban J connectivity index is 0.00000312. The Kier molecular flexibility index (Phi) is 7.76. The Bertz CT molecular complexity index is 700. The summed E-state index contributed by atoms with van der Waals surface area (Å²) >= 11 is 0. The van der Waals surface area contributed by atoms with E-state index in [-0.39, 0.29) is 40.5 Å². The summed E-state index contributed by atoms with van der Waals surface area (Å²) in [6, 6.07) is 4.07. The Morgan fingerprint density at radius 1 is 1.36 bits per heavy atom. The molecule has 8 nitrogen and oxygen atoms in total. The molecule has 0 amide bonds. The van der Waals surface area contributed by atoms with Crippen LogP contribution in [-0.4, -0.2) is 46.7 Å². The summed E-state index contributed by atoms with van der Waals surface area (Å²) in [4.78, 5) is 10.4. The number of halogens is 1. The van der Waals surface area contributed by atoms with Gasteiger partial charge in [0.25, 0.3) is 5.69 Å². The molecule has 2 rings (SSSR count). The third-order valence-electron chi connectivity index (χ3n) is 4.49. The smallest absolute Gasteiger partial charge is 0.273 e. The van der Waals surface area contributed by atoms with Crippen molar-refractivity contribution in [3.8, 4) is 0 Å². The standard InChI is InChI=1S/C15H23N3O5S.ClH/c1-12-13(18(19)20)4-3-5-14(12)24(21,22)17-10-15(11-23-2)6-8-16-9-7-15;/h3-5,16-17H,6-11H2,1-2H3;1H. The number of nitrogens with one attached hydrogen (secondary N) is 2. The summed E-state index contributed by atoms with van der Waals surface area (Å²) in [6.07, 6.45) is 1.61. The molecule has 0 unspecified atom stereocenters. The molecule has 10 heteroatoms. The van der Waals surface area contributed by atoms with Crippen LogP contribution >= 0.6 is 12.4 Å². The molecule has 0 aromatic heterocycles. The normalized spacial score (nSPS) is 16.9. The van der Waals surface area contributed by atoms with Crippen molar-refractivity contribution in [2.45, 2.75) is 24.7 Å². The van der Waals surface area contributed by atoms with E-state index < -0.39 is 14.9 Å². The van der Waals surface area contributed by atoms with Crippen LogP contribution in [0.25, 0.3) is 0 Å². The highest BCUT2D eigenvalue weighted by Crippen LogP contribution is 2.30. The van der Waals surface area contributed by atoms with Crippen molar-refractivity contribution in [1.82, 2.24) is 10.0 Å². The molecular formula is C15H24ClN3O5S. The Labute approximate surface area is 153 Å². The molecule has 1 saturated heterocycles. The zero-order valence-electron chi connectivity index (χ0n) is 14.3. The second-order valence-electron chi connectivity index (χ2n) is 6.16. The Morgan fingerprint density at radius 3 is 2.56 bits per heavy atom. The van der Waals surface area contributed by atoms with E-state index in [2.05, 4.69) is 10.0 Å². The molecule has 1 aromatic carbocycles. The van der Waals surface area contributed by atoms with Crippen LogP contribution < -0.4 is 10.0 Å². The molecule has 0 bridgehead atoms. The Morgan fingerprint density at radius 2 is 2.00 bits per heavy atom. The molecule has 1 heterocycles. The third-order valence-corrected chi connectivity index (χ3v) is 6.04. The van der Waals surface area contributed by atoms with Gasteiger partial charge in [-0.15, -0.1) is 12.4 Å². The summed E-state index contributed by atoms with van der Waals surface area (Å²) in [5.41, 5.74) is -0.325. The molecule has 1 fully saturated rings. The van der Waals surface area contributed by atoms with Gasteiger partial charge in [0.1, 0.15) is 0 Å². The molecule has 2 N–H and O–H groups in total. The van der Waals surface area contributed by atoms with Gasteiger partial charge in [-0.2, -0.15) is 0 Å². The average molecular weight is 394 g/mol. The van der Waals surface area contributed by atoms with Gasteiger partial charge in [0, 0.05) is 30.7 Å². The second-order valence-corrected chi connectivity index (χ2v) is 7.90. The summed E-state index contributed by atoms with van der Waals surface area (Å²) in [5, 5.41) is 14.3. The van der Waals surface area contributed by atoms with E-state index in [1.807, 2.05) is 0 Å². The van der Waals surface area contributed by atoms with Gasteiger partial charge in [-0.05, 0) is 38.9 Å². The van der Waals surface area contributed by atoms with Crippen molar-refractivity contribution >= 4 is 28.1 Å². The second kappa shape index (κ2) is 8.91. The predicted molar refractivity (Wildman–Crippen MR) is 96.7 cm³/mol. The minimum absolute atomic E-state index is 0. The summed E-state index contributed by atoms with van der Waals surface area (Å²) in [7, 11) is -2.23. The zero-order valence-corrected chi connectivity index (χ0v) is 15.9. The fourth-order valence-electron chi connectivity index (χ4n) is 3.05. The molecule has 1 aliphatic heterocycles. The molecule has 0 atom stereocenters. The maximum atomic E-state index is 12.6. The van der Waals surface area contributed by atoms with Crippen LogP contribution in [0.2, 0.25) is 0 Å². The number of nitro groups is 1. The molecule has 1 aliphatic rings. The lowest BCUT2D eigenvalue weighted by Gasteiger charge is -2.37. The summed E-state index contributed by atoms with van der Waals surface area (Å²) < 4.78 is 33.2. The number of ether oxygens (including phenoxy) is 1. The van der Waals surface area contributed by atoms with Gasteiger partial charge < -0.3 is 10.1 Å². The third kappa shape index (κ3) is 5.11. The van der Waals surface area contributed by atoms with Crippen LogP contribution in [0.15, 0.2) is 23.1 Å². The predicted octanol–water partition coefficient (Wildman–Crippen LogP) is 1.62. The van der Waals surface area contributed by atoms with E-state index in [0.717, 1.165) is 25.9 Å². The average Bonchev–Trinajstić information content (AvgIpc) is 2.54. The zero-order chi connectivity index (χ0) is 17.8. The Hall–Kier alpha value is -1.26. The number of hydrogen-bond donors (Lipinski definition) is 2. The van der Waals surface area contributed by atoms with Crippen molar-refractivity contribution in [2.75, 3.05) is 33.4 Å². The lowest BCUT2D eigenvalue weighted by Crippen LogP contribution is -2.47. The van der Waals surface area contributed by atoms with E-state index in [1.165, 1.54) is 25.1 Å². The monoisotopic (exact) mass is 393 g/mol. The van der Waals surface area contributed by atoms with Gasteiger partial charge in [0.15, 0.2) is 0 Å². The SMILES string of the molecule is COCC1(CNS(=O)(=O)c2cccc([N+](=O)[O-])c2C)CCNCC1.Cl. The van der Waals surface area contributed by atoms with Crippen LogP contribution in [0.1, 0.15) is 18.4 Å². The van der Waals surface area contributed by atoms with E-state index >= 15 is 0 Å². The highest BCUT2D eigenvalue weighted by Gasteiger charge is 2.34. The molecular weight excluding hydrogens is 370 g/mol. The van der Waals surface area contributed by atoms with Crippen molar-refractivity contribution in [2.24, 2.45) is 5.41 Å². The number of rotatable bonds is 7. The van der Waals surface area contributed by atoms with Gasteiger partial charge in [-0.25, -0.2) is 13.1 Å². The number of hydrogen-bond acceptors (Lipinski definition) is 6. The fraction of sp³-hybridized carbons (Fsp3) is 0.600. The molecule has 0 aliphatic carbocycles. The van der Waals surface area contributed by atoms with Crippen LogP contribution in [0, 0.1) is 22.5 Å². The minimum Gasteiger partial charge on any atom is -0.384 e.